The first kappa shape index (κ1) is 11.9. The third-order valence-corrected chi connectivity index (χ3v) is 2.98. The lowest BCUT2D eigenvalue weighted by Gasteiger charge is -2.35. The summed E-state index contributed by atoms with van der Waals surface area (Å²) in [5.41, 5.74) is 0.987. The number of amides is 1. The van der Waals surface area contributed by atoms with E-state index in [4.69, 9.17) is 4.74 Å². The van der Waals surface area contributed by atoms with E-state index in [0.717, 1.165) is 5.56 Å². The zero-order valence-corrected chi connectivity index (χ0v) is 10.1. The molecule has 4 heteroatoms. The average molecular weight is 235 g/mol. The van der Waals surface area contributed by atoms with Gasteiger partial charge in [-0.15, -0.1) is 0 Å². The second-order valence-electron chi connectivity index (χ2n) is 4.53. The van der Waals surface area contributed by atoms with E-state index >= 15 is 0 Å². The van der Waals surface area contributed by atoms with E-state index in [1.54, 1.807) is 12.1 Å². The number of morpholine rings is 1. The van der Waals surface area contributed by atoms with Gasteiger partial charge in [0, 0.05) is 6.04 Å². The Bertz CT molecular complexity index is 400. The van der Waals surface area contributed by atoms with Gasteiger partial charge in [-0.1, -0.05) is 12.1 Å². The van der Waals surface area contributed by atoms with Crippen LogP contribution in [0.4, 0.5) is 0 Å². The van der Waals surface area contributed by atoms with Crippen LogP contribution in [0.25, 0.3) is 0 Å². The van der Waals surface area contributed by atoms with Crippen molar-refractivity contribution in [2.75, 3.05) is 13.2 Å². The second-order valence-corrected chi connectivity index (χ2v) is 4.53. The molecular formula is C13H17NO3. The van der Waals surface area contributed by atoms with Gasteiger partial charge in [0.15, 0.2) is 0 Å². The van der Waals surface area contributed by atoms with E-state index in [1.807, 2.05) is 30.9 Å². The smallest absolute Gasteiger partial charge is 0.248 e. The summed E-state index contributed by atoms with van der Waals surface area (Å²) in [5.74, 6) is 0.274. The fraction of sp³-hybridized carbons (Fsp3) is 0.462. The normalized spacial score (nSPS) is 21.0. The van der Waals surface area contributed by atoms with Gasteiger partial charge in [-0.2, -0.15) is 0 Å². The van der Waals surface area contributed by atoms with Gasteiger partial charge in [-0.25, -0.2) is 0 Å². The fourth-order valence-electron chi connectivity index (χ4n) is 1.98. The largest absolute Gasteiger partial charge is 0.508 e. The molecule has 1 saturated heterocycles. The molecule has 17 heavy (non-hydrogen) atoms. The molecule has 0 bridgehead atoms. The maximum absolute atomic E-state index is 11.6. The van der Waals surface area contributed by atoms with Gasteiger partial charge in [0.05, 0.1) is 6.54 Å². The number of hydrogen-bond acceptors (Lipinski definition) is 3. The molecule has 1 unspecified atom stereocenters. The lowest BCUT2D eigenvalue weighted by Crippen LogP contribution is -2.46. The molecular weight excluding hydrogens is 218 g/mol. The Morgan fingerprint density at radius 2 is 2.00 bits per heavy atom. The van der Waals surface area contributed by atoms with E-state index in [1.165, 1.54) is 0 Å². The van der Waals surface area contributed by atoms with E-state index in [9.17, 15) is 9.90 Å². The molecule has 1 aromatic rings. The molecule has 4 nitrogen and oxygen atoms in total. The molecule has 0 aromatic heterocycles. The first-order chi connectivity index (χ1) is 8.08. The molecule has 0 aliphatic carbocycles. The number of rotatable bonds is 2. The fourth-order valence-corrected chi connectivity index (χ4v) is 1.98. The molecule has 1 heterocycles. The number of carbonyl (C=O) groups excluding carboxylic acids is 1. The van der Waals surface area contributed by atoms with Crippen LogP contribution in [0.2, 0.25) is 0 Å². The molecule has 0 spiro atoms. The first-order valence-electron chi connectivity index (χ1n) is 5.78. The Morgan fingerprint density at radius 1 is 1.35 bits per heavy atom. The van der Waals surface area contributed by atoms with Gasteiger partial charge in [0.25, 0.3) is 0 Å². The number of aromatic hydroxyl groups is 1. The predicted molar refractivity (Wildman–Crippen MR) is 63.6 cm³/mol. The molecule has 92 valence electrons. The van der Waals surface area contributed by atoms with Crippen molar-refractivity contribution in [2.24, 2.45) is 0 Å². The van der Waals surface area contributed by atoms with Crippen molar-refractivity contribution < 1.29 is 14.6 Å². The van der Waals surface area contributed by atoms with Crippen LogP contribution in [0.15, 0.2) is 24.3 Å². The Kier molecular flexibility index (Phi) is 3.33. The predicted octanol–water partition coefficient (Wildman–Crippen LogP) is 1.70. The van der Waals surface area contributed by atoms with Crippen LogP contribution in [-0.4, -0.2) is 35.1 Å². The van der Waals surface area contributed by atoms with E-state index in [0.29, 0.717) is 6.54 Å². The van der Waals surface area contributed by atoms with Crippen LogP contribution in [-0.2, 0) is 9.53 Å². The number of nitrogens with zero attached hydrogens (tertiary/aromatic N) is 1. The van der Waals surface area contributed by atoms with Crippen LogP contribution in [0.1, 0.15) is 25.5 Å². The van der Waals surface area contributed by atoms with Gasteiger partial charge in [-0.3, -0.25) is 4.79 Å². The van der Waals surface area contributed by atoms with Crippen molar-refractivity contribution in [3.8, 4) is 5.75 Å². The Labute approximate surface area is 101 Å². The Balaban J connectivity index is 2.13. The molecule has 1 aromatic carbocycles. The average Bonchev–Trinajstić information content (AvgIpc) is 2.30. The highest BCUT2D eigenvalue weighted by atomic mass is 16.5. The van der Waals surface area contributed by atoms with E-state index in [-0.39, 0.29) is 30.4 Å². The molecule has 1 N–H and O–H groups in total. The summed E-state index contributed by atoms with van der Waals surface area (Å²) in [6.45, 7) is 4.69. The SMILES string of the molecule is CC(C)N1CC(c2ccc(O)cc2)OCC1=O. The molecule has 1 aliphatic rings. The van der Waals surface area contributed by atoms with Gasteiger partial charge >= 0.3 is 0 Å². The highest BCUT2D eigenvalue weighted by molar-refractivity contribution is 5.78. The topological polar surface area (TPSA) is 49.8 Å². The molecule has 0 radical (unpaired) electrons. The molecule has 1 fully saturated rings. The third-order valence-electron chi connectivity index (χ3n) is 2.98. The zero-order chi connectivity index (χ0) is 12.4. The highest BCUT2D eigenvalue weighted by Gasteiger charge is 2.28. The minimum Gasteiger partial charge on any atom is -0.508 e. The van der Waals surface area contributed by atoms with Crippen molar-refractivity contribution in [1.82, 2.24) is 4.90 Å². The second kappa shape index (κ2) is 4.75. The maximum Gasteiger partial charge on any atom is 0.248 e. The van der Waals surface area contributed by atoms with Crippen molar-refractivity contribution in [2.45, 2.75) is 26.0 Å². The van der Waals surface area contributed by atoms with Crippen molar-refractivity contribution >= 4 is 5.91 Å². The minimum atomic E-state index is -0.101. The quantitative estimate of drug-likeness (QED) is 0.848. The number of phenols is 1. The van der Waals surface area contributed by atoms with Crippen molar-refractivity contribution in [3.63, 3.8) is 0 Å². The Morgan fingerprint density at radius 3 is 2.59 bits per heavy atom. The summed E-state index contributed by atoms with van der Waals surface area (Å²) in [7, 11) is 0. The summed E-state index contributed by atoms with van der Waals surface area (Å²) in [4.78, 5) is 13.4. The molecule has 1 amide bonds. The van der Waals surface area contributed by atoms with Gasteiger partial charge in [-0.05, 0) is 31.5 Å². The van der Waals surface area contributed by atoms with Crippen LogP contribution >= 0.6 is 0 Å². The molecule has 2 rings (SSSR count). The lowest BCUT2D eigenvalue weighted by molar-refractivity contribution is -0.151. The molecule has 1 aliphatic heterocycles. The highest BCUT2D eigenvalue weighted by Crippen LogP contribution is 2.25. The summed E-state index contributed by atoms with van der Waals surface area (Å²) in [6.07, 6.45) is -0.101. The number of benzene rings is 1. The summed E-state index contributed by atoms with van der Waals surface area (Å²) in [5, 5.41) is 9.23. The summed E-state index contributed by atoms with van der Waals surface area (Å²) < 4.78 is 5.52. The van der Waals surface area contributed by atoms with E-state index < -0.39 is 0 Å². The summed E-state index contributed by atoms with van der Waals surface area (Å²) >= 11 is 0. The first-order valence-corrected chi connectivity index (χ1v) is 5.78. The van der Waals surface area contributed by atoms with Gasteiger partial charge in [0.1, 0.15) is 18.5 Å². The number of hydrogen-bond donors (Lipinski definition) is 1. The van der Waals surface area contributed by atoms with Gasteiger partial charge in [0.2, 0.25) is 5.91 Å². The zero-order valence-electron chi connectivity index (χ0n) is 10.1. The maximum atomic E-state index is 11.6. The van der Waals surface area contributed by atoms with Crippen molar-refractivity contribution in [3.05, 3.63) is 29.8 Å². The standard InChI is InChI=1S/C13H17NO3/c1-9(2)14-7-12(17-8-13(14)16)10-3-5-11(15)6-4-10/h3-6,9,12,15H,7-8H2,1-2H3. The van der Waals surface area contributed by atoms with Gasteiger partial charge < -0.3 is 14.7 Å². The third kappa shape index (κ3) is 2.58. The summed E-state index contributed by atoms with van der Waals surface area (Å²) in [6, 6.07) is 7.11. The number of phenolic OH excluding ortho intramolecular Hbond substituents is 1. The number of carbonyl (C=O) groups is 1. The number of ether oxygens (including phenoxy) is 1. The van der Waals surface area contributed by atoms with Crippen LogP contribution in [0.3, 0.4) is 0 Å². The van der Waals surface area contributed by atoms with E-state index in [2.05, 4.69) is 0 Å². The molecule has 1 atom stereocenters. The minimum absolute atomic E-state index is 0.0371. The monoisotopic (exact) mass is 235 g/mol. The van der Waals surface area contributed by atoms with Crippen molar-refractivity contribution in [1.29, 1.82) is 0 Å². The lowest BCUT2D eigenvalue weighted by atomic mass is 10.1. The van der Waals surface area contributed by atoms with Crippen LogP contribution in [0, 0.1) is 0 Å². The van der Waals surface area contributed by atoms with Crippen LogP contribution < -0.4 is 0 Å². The molecule has 0 saturated carbocycles. The van der Waals surface area contributed by atoms with Crippen LogP contribution in [0.5, 0.6) is 5.75 Å². The Hall–Kier alpha value is -1.55.